The Morgan fingerprint density at radius 2 is 2.11 bits per heavy atom. The Balaban J connectivity index is 2.02. The van der Waals surface area contributed by atoms with Crippen LogP contribution in [0.5, 0.6) is 0 Å². The zero-order valence-corrected chi connectivity index (χ0v) is 12.2. The summed E-state index contributed by atoms with van der Waals surface area (Å²) in [5, 5.41) is 0.656. The van der Waals surface area contributed by atoms with Crippen LogP contribution < -0.4 is 0 Å². The Labute approximate surface area is 119 Å². The van der Waals surface area contributed by atoms with Gasteiger partial charge in [-0.1, -0.05) is 18.5 Å². The van der Waals surface area contributed by atoms with Gasteiger partial charge in [0.05, 0.1) is 19.3 Å². The van der Waals surface area contributed by atoms with Crippen LogP contribution >= 0.6 is 11.6 Å². The van der Waals surface area contributed by atoms with Gasteiger partial charge in [0.25, 0.3) is 0 Å². The van der Waals surface area contributed by atoms with Crippen molar-refractivity contribution >= 4 is 17.4 Å². The number of ether oxygens (including phenoxy) is 1. The molecule has 19 heavy (non-hydrogen) atoms. The lowest BCUT2D eigenvalue weighted by Crippen LogP contribution is -2.50. The molecule has 1 fully saturated rings. The number of nitrogens with zero attached hydrogens (tertiary/aromatic N) is 1. The molecular weight excluding hydrogens is 262 g/mol. The first-order chi connectivity index (χ1) is 9.10. The van der Waals surface area contributed by atoms with Crippen molar-refractivity contribution in [3.8, 4) is 0 Å². The highest BCUT2D eigenvalue weighted by Gasteiger charge is 2.27. The summed E-state index contributed by atoms with van der Waals surface area (Å²) < 4.78 is 5.64. The van der Waals surface area contributed by atoms with Crippen molar-refractivity contribution in [3.05, 3.63) is 34.9 Å². The van der Waals surface area contributed by atoms with Gasteiger partial charge < -0.3 is 4.74 Å². The summed E-state index contributed by atoms with van der Waals surface area (Å²) in [6.45, 7) is 6.16. The van der Waals surface area contributed by atoms with Gasteiger partial charge >= 0.3 is 0 Å². The average Bonchev–Trinajstić information content (AvgIpc) is 2.39. The third-order valence-electron chi connectivity index (χ3n) is 3.57. The van der Waals surface area contributed by atoms with Gasteiger partial charge in [-0.15, -0.1) is 0 Å². The predicted molar refractivity (Wildman–Crippen MR) is 76.8 cm³/mol. The first-order valence-electron chi connectivity index (χ1n) is 6.74. The number of hydrogen-bond donors (Lipinski definition) is 0. The van der Waals surface area contributed by atoms with Gasteiger partial charge in [0, 0.05) is 23.2 Å². The van der Waals surface area contributed by atoms with Crippen LogP contribution in [0, 0.1) is 0 Å². The van der Waals surface area contributed by atoms with Gasteiger partial charge in [-0.05, 0) is 37.6 Å². The van der Waals surface area contributed by atoms with Crippen LogP contribution in [0.15, 0.2) is 24.3 Å². The molecule has 2 rings (SSSR count). The molecule has 2 atom stereocenters. The Bertz CT molecular complexity index is 432. The number of benzene rings is 1. The first kappa shape index (κ1) is 14.5. The second-order valence-electron chi connectivity index (χ2n) is 5.07. The molecule has 0 N–H and O–H groups in total. The number of carbonyl (C=O) groups excluding carboxylic acids is 1. The standard InChI is InChI=1S/C15H20ClNO2/c1-3-14-10-19-11(2)8-17(14)9-15(18)12-4-6-13(16)7-5-12/h4-7,11,14H,3,8-10H2,1-2H3. The van der Waals surface area contributed by atoms with Crippen molar-refractivity contribution in [2.45, 2.75) is 32.4 Å². The van der Waals surface area contributed by atoms with Crippen LogP contribution in [0.25, 0.3) is 0 Å². The van der Waals surface area contributed by atoms with Gasteiger partial charge in [-0.25, -0.2) is 0 Å². The Hall–Kier alpha value is -0.900. The van der Waals surface area contributed by atoms with Gasteiger partial charge in [0.15, 0.2) is 5.78 Å². The van der Waals surface area contributed by atoms with Crippen molar-refractivity contribution in [3.63, 3.8) is 0 Å². The number of rotatable bonds is 4. The largest absolute Gasteiger partial charge is 0.376 e. The number of ketones is 1. The quantitative estimate of drug-likeness (QED) is 0.795. The molecule has 4 heteroatoms. The molecule has 3 nitrogen and oxygen atoms in total. The van der Waals surface area contributed by atoms with Gasteiger partial charge in [0.2, 0.25) is 0 Å². The maximum absolute atomic E-state index is 12.3. The van der Waals surface area contributed by atoms with E-state index in [4.69, 9.17) is 16.3 Å². The number of halogens is 1. The van der Waals surface area contributed by atoms with E-state index >= 15 is 0 Å². The molecule has 1 aliphatic rings. The number of morpholine rings is 1. The minimum absolute atomic E-state index is 0.143. The van der Waals surface area contributed by atoms with Crippen LogP contribution in [0.2, 0.25) is 5.02 Å². The summed E-state index contributed by atoms with van der Waals surface area (Å²) in [7, 11) is 0. The van der Waals surface area contributed by atoms with Crippen molar-refractivity contribution in [1.82, 2.24) is 4.90 Å². The maximum atomic E-state index is 12.3. The zero-order valence-electron chi connectivity index (χ0n) is 11.4. The highest BCUT2D eigenvalue weighted by atomic mass is 35.5. The predicted octanol–water partition coefficient (Wildman–Crippen LogP) is 3.02. The number of Topliss-reactive ketones (excluding diaryl/α,β-unsaturated/α-hetero) is 1. The third kappa shape index (κ3) is 3.78. The lowest BCUT2D eigenvalue weighted by Gasteiger charge is -2.37. The molecule has 1 aromatic rings. The monoisotopic (exact) mass is 281 g/mol. The van der Waals surface area contributed by atoms with Crippen LogP contribution in [-0.2, 0) is 4.74 Å². The van der Waals surface area contributed by atoms with E-state index in [0.29, 0.717) is 24.2 Å². The number of carbonyl (C=O) groups is 1. The molecule has 1 heterocycles. The summed E-state index contributed by atoms with van der Waals surface area (Å²) in [5.74, 6) is 0.143. The summed E-state index contributed by atoms with van der Waals surface area (Å²) in [5.41, 5.74) is 0.721. The normalized spacial score (nSPS) is 24.4. The fraction of sp³-hybridized carbons (Fsp3) is 0.533. The van der Waals surface area contributed by atoms with Crippen LogP contribution in [0.4, 0.5) is 0 Å². The van der Waals surface area contributed by atoms with E-state index in [-0.39, 0.29) is 11.9 Å². The Morgan fingerprint density at radius 3 is 2.74 bits per heavy atom. The molecule has 0 amide bonds. The smallest absolute Gasteiger partial charge is 0.176 e. The van der Waals surface area contributed by atoms with Crippen molar-refractivity contribution in [2.75, 3.05) is 19.7 Å². The summed E-state index contributed by atoms with van der Waals surface area (Å²) in [6, 6.07) is 7.43. The van der Waals surface area contributed by atoms with Crippen LogP contribution in [0.3, 0.4) is 0 Å². The van der Waals surface area contributed by atoms with Gasteiger partial charge in [0.1, 0.15) is 0 Å². The van der Waals surface area contributed by atoms with E-state index < -0.39 is 0 Å². The molecule has 2 unspecified atom stereocenters. The molecule has 1 saturated heterocycles. The van der Waals surface area contributed by atoms with E-state index in [0.717, 1.165) is 18.5 Å². The SMILES string of the molecule is CCC1COC(C)CN1CC(=O)c1ccc(Cl)cc1. The average molecular weight is 282 g/mol. The molecule has 0 bridgehead atoms. The lowest BCUT2D eigenvalue weighted by atomic mass is 10.1. The van der Waals surface area contributed by atoms with E-state index in [2.05, 4.69) is 11.8 Å². The second kappa shape index (κ2) is 6.51. The van der Waals surface area contributed by atoms with E-state index in [9.17, 15) is 4.79 Å². The third-order valence-corrected chi connectivity index (χ3v) is 3.82. The zero-order chi connectivity index (χ0) is 13.8. The van der Waals surface area contributed by atoms with Crippen LogP contribution in [-0.4, -0.2) is 42.5 Å². The summed E-state index contributed by atoms with van der Waals surface area (Å²) >= 11 is 5.83. The molecule has 104 valence electrons. The lowest BCUT2D eigenvalue weighted by molar-refractivity contribution is -0.0523. The van der Waals surface area contributed by atoms with Crippen molar-refractivity contribution in [1.29, 1.82) is 0 Å². The molecule has 1 aromatic carbocycles. The molecule has 0 saturated carbocycles. The van der Waals surface area contributed by atoms with Gasteiger partial charge in [-0.3, -0.25) is 9.69 Å². The van der Waals surface area contributed by atoms with E-state index in [1.54, 1.807) is 24.3 Å². The van der Waals surface area contributed by atoms with Crippen molar-refractivity contribution in [2.24, 2.45) is 0 Å². The topological polar surface area (TPSA) is 29.5 Å². The summed E-state index contributed by atoms with van der Waals surface area (Å²) in [4.78, 5) is 14.5. The molecule has 0 spiro atoms. The molecule has 0 radical (unpaired) electrons. The molecular formula is C15H20ClNO2. The maximum Gasteiger partial charge on any atom is 0.176 e. The highest BCUT2D eigenvalue weighted by molar-refractivity contribution is 6.30. The van der Waals surface area contributed by atoms with Crippen LogP contribution in [0.1, 0.15) is 30.6 Å². The Kier molecular flexibility index (Phi) is 4.97. The molecule has 0 aromatic heterocycles. The minimum atomic E-state index is 0.143. The minimum Gasteiger partial charge on any atom is -0.376 e. The second-order valence-corrected chi connectivity index (χ2v) is 5.50. The first-order valence-corrected chi connectivity index (χ1v) is 7.12. The summed E-state index contributed by atoms with van der Waals surface area (Å²) in [6.07, 6.45) is 1.20. The molecule has 0 aliphatic carbocycles. The fourth-order valence-electron chi connectivity index (χ4n) is 2.39. The van der Waals surface area contributed by atoms with Gasteiger partial charge in [-0.2, -0.15) is 0 Å². The van der Waals surface area contributed by atoms with Crippen molar-refractivity contribution < 1.29 is 9.53 Å². The number of hydrogen-bond acceptors (Lipinski definition) is 3. The van der Waals surface area contributed by atoms with E-state index in [1.807, 2.05) is 6.92 Å². The van der Waals surface area contributed by atoms with E-state index in [1.165, 1.54) is 0 Å². The molecule has 1 aliphatic heterocycles. The fourth-order valence-corrected chi connectivity index (χ4v) is 2.52. The highest BCUT2D eigenvalue weighted by Crippen LogP contribution is 2.16. The Morgan fingerprint density at radius 1 is 1.42 bits per heavy atom.